The molecule has 0 aromatic carbocycles. The number of anilines is 1. The fraction of sp³-hybridized carbons (Fsp3) is 0.667. The summed E-state index contributed by atoms with van der Waals surface area (Å²) in [5.41, 5.74) is 0. The number of carbonyl (C=O) groups is 1. The summed E-state index contributed by atoms with van der Waals surface area (Å²) in [6.07, 6.45) is 6.46. The molecule has 2 heterocycles. The molecule has 5 heteroatoms. The van der Waals surface area contributed by atoms with Crippen LogP contribution in [-0.4, -0.2) is 47.0 Å². The highest BCUT2D eigenvalue weighted by Crippen LogP contribution is 2.22. The Hall–Kier alpha value is -1.65. The van der Waals surface area contributed by atoms with Gasteiger partial charge in [-0.3, -0.25) is 4.79 Å². The van der Waals surface area contributed by atoms with Gasteiger partial charge in [0.2, 0.25) is 11.9 Å². The summed E-state index contributed by atoms with van der Waals surface area (Å²) in [7, 11) is 1.91. The van der Waals surface area contributed by atoms with Gasteiger partial charge < -0.3 is 9.80 Å². The SMILES string of the molecule is CCC(C)N(C)C(=O)C1CCCN(c2ncccn2)C1. The van der Waals surface area contributed by atoms with Crippen LogP contribution in [0.2, 0.25) is 0 Å². The van der Waals surface area contributed by atoms with E-state index in [9.17, 15) is 4.79 Å². The standard InChI is InChI=1S/C15H24N4O/c1-4-12(2)18(3)14(20)13-7-5-10-19(11-13)15-16-8-6-9-17-15/h6,8-9,12-13H,4-5,7,10-11H2,1-3H3. The van der Waals surface area contributed by atoms with E-state index in [4.69, 9.17) is 0 Å². The van der Waals surface area contributed by atoms with E-state index >= 15 is 0 Å². The van der Waals surface area contributed by atoms with E-state index in [1.165, 1.54) is 0 Å². The maximum absolute atomic E-state index is 12.5. The molecule has 20 heavy (non-hydrogen) atoms. The summed E-state index contributed by atoms with van der Waals surface area (Å²) in [4.78, 5) is 25.1. The van der Waals surface area contributed by atoms with Crippen molar-refractivity contribution in [1.29, 1.82) is 0 Å². The number of carbonyl (C=O) groups excluding carboxylic acids is 1. The van der Waals surface area contributed by atoms with E-state index in [2.05, 4.69) is 28.7 Å². The van der Waals surface area contributed by atoms with Gasteiger partial charge in [0, 0.05) is 38.6 Å². The number of aromatic nitrogens is 2. The van der Waals surface area contributed by atoms with E-state index in [1.807, 2.05) is 18.0 Å². The smallest absolute Gasteiger partial charge is 0.227 e. The molecule has 1 aliphatic heterocycles. The molecule has 1 aromatic heterocycles. The average Bonchev–Trinajstić information content (AvgIpc) is 2.53. The predicted octanol–water partition coefficient (Wildman–Crippen LogP) is 1.95. The topological polar surface area (TPSA) is 49.3 Å². The van der Waals surface area contributed by atoms with E-state index in [-0.39, 0.29) is 11.8 Å². The molecule has 1 amide bonds. The van der Waals surface area contributed by atoms with Crippen molar-refractivity contribution in [3.63, 3.8) is 0 Å². The zero-order valence-electron chi connectivity index (χ0n) is 12.6. The van der Waals surface area contributed by atoms with Crippen LogP contribution in [0.3, 0.4) is 0 Å². The van der Waals surface area contributed by atoms with Crippen LogP contribution in [0.4, 0.5) is 5.95 Å². The van der Waals surface area contributed by atoms with Crippen LogP contribution in [0.5, 0.6) is 0 Å². The Kier molecular flexibility index (Phi) is 4.93. The minimum atomic E-state index is 0.0616. The molecular formula is C15H24N4O. The van der Waals surface area contributed by atoms with Crippen LogP contribution in [0.1, 0.15) is 33.1 Å². The van der Waals surface area contributed by atoms with Crippen LogP contribution in [0.25, 0.3) is 0 Å². The summed E-state index contributed by atoms with van der Waals surface area (Å²) in [6, 6.07) is 2.11. The van der Waals surface area contributed by atoms with Gasteiger partial charge in [-0.15, -0.1) is 0 Å². The first kappa shape index (κ1) is 14.8. The molecular weight excluding hydrogens is 252 g/mol. The van der Waals surface area contributed by atoms with Gasteiger partial charge in [-0.2, -0.15) is 0 Å². The minimum Gasteiger partial charge on any atom is -0.343 e. The Morgan fingerprint density at radius 3 is 2.85 bits per heavy atom. The Labute approximate surface area is 121 Å². The number of hydrogen-bond acceptors (Lipinski definition) is 4. The number of hydrogen-bond donors (Lipinski definition) is 0. The first-order valence-corrected chi connectivity index (χ1v) is 7.42. The average molecular weight is 276 g/mol. The summed E-state index contributed by atoms with van der Waals surface area (Å²) < 4.78 is 0. The van der Waals surface area contributed by atoms with Gasteiger partial charge >= 0.3 is 0 Å². The zero-order valence-corrected chi connectivity index (χ0v) is 12.6. The lowest BCUT2D eigenvalue weighted by molar-refractivity contribution is -0.136. The second kappa shape index (κ2) is 6.68. The Morgan fingerprint density at radius 2 is 2.20 bits per heavy atom. The highest BCUT2D eigenvalue weighted by Gasteiger charge is 2.30. The number of piperidine rings is 1. The molecule has 110 valence electrons. The molecule has 0 spiro atoms. The number of rotatable bonds is 4. The van der Waals surface area contributed by atoms with Crippen molar-refractivity contribution in [2.75, 3.05) is 25.0 Å². The molecule has 0 radical (unpaired) electrons. The van der Waals surface area contributed by atoms with E-state index < -0.39 is 0 Å². The highest BCUT2D eigenvalue weighted by atomic mass is 16.2. The normalized spacial score (nSPS) is 20.6. The molecule has 2 rings (SSSR count). The molecule has 1 saturated heterocycles. The Balaban J connectivity index is 2.02. The van der Waals surface area contributed by atoms with Crippen LogP contribution in [0, 0.1) is 5.92 Å². The van der Waals surface area contributed by atoms with Gasteiger partial charge in [-0.05, 0) is 32.3 Å². The summed E-state index contributed by atoms with van der Waals surface area (Å²) >= 11 is 0. The van der Waals surface area contributed by atoms with Gasteiger partial charge in [0.15, 0.2) is 0 Å². The molecule has 0 saturated carbocycles. The molecule has 1 fully saturated rings. The van der Waals surface area contributed by atoms with Crippen LogP contribution in [-0.2, 0) is 4.79 Å². The van der Waals surface area contributed by atoms with Crippen LogP contribution in [0.15, 0.2) is 18.5 Å². The van der Waals surface area contributed by atoms with Crippen molar-refractivity contribution >= 4 is 11.9 Å². The van der Waals surface area contributed by atoms with E-state index in [1.54, 1.807) is 12.4 Å². The van der Waals surface area contributed by atoms with Gasteiger partial charge in [0.25, 0.3) is 0 Å². The molecule has 0 bridgehead atoms. The largest absolute Gasteiger partial charge is 0.343 e. The van der Waals surface area contributed by atoms with Crippen LogP contribution < -0.4 is 4.90 Å². The van der Waals surface area contributed by atoms with Crippen LogP contribution >= 0.6 is 0 Å². The first-order valence-electron chi connectivity index (χ1n) is 7.42. The van der Waals surface area contributed by atoms with Crippen molar-refractivity contribution in [3.05, 3.63) is 18.5 Å². The predicted molar refractivity (Wildman–Crippen MR) is 79.5 cm³/mol. The van der Waals surface area contributed by atoms with Crippen molar-refractivity contribution in [3.8, 4) is 0 Å². The summed E-state index contributed by atoms with van der Waals surface area (Å²) in [5, 5.41) is 0. The van der Waals surface area contributed by atoms with Crippen molar-refractivity contribution in [2.24, 2.45) is 5.92 Å². The second-order valence-electron chi connectivity index (χ2n) is 5.54. The molecule has 2 unspecified atom stereocenters. The third-order valence-corrected chi connectivity index (χ3v) is 4.21. The van der Waals surface area contributed by atoms with Crippen molar-refractivity contribution < 1.29 is 4.79 Å². The number of nitrogens with zero attached hydrogens (tertiary/aromatic N) is 4. The van der Waals surface area contributed by atoms with Gasteiger partial charge in [0.05, 0.1) is 5.92 Å². The lowest BCUT2D eigenvalue weighted by Crippen LogP contribution is -2.46. The highest BCUT2D eigenvalue weighted by molar-refractivity contribution is 5.79. The minimum absolute atomic E-state index is 0.0616. The molecule has 2 atom stereocenters. The molecule has 0 aliphatic carbocycles. The maximum atomic E-state index is 12.5. The van der Waals surface area contributed by atoms with Gasteiger partial charge in [0.1, 0.15) is 0 Å². The van der Waals surface area contributed by atoms with Gasteiger partial charge in [-0.25, -0.2) is 9.97 Å². The van der Waals surface area contributed by atoms with Crippen molar-refractivity contribution in [1.82, 2.24) is 14.9 Å². The fourth-order valence-corrected chi connectivity index (χ4v) is 2.59. The molecule has 0 N–H and O–H groups in total. The first-order chi connectivity index (χ1) is 9.63. The second-order valence-corrected chi connectivity index (χ2v) is 5.54. The molecule has 1 aliphatic rings. The Morgan fingerprint density at radius 1 is 1.50 bits per heavy atom. The van der Waals surface area contributed by atoms with Gasteiger partial charge in [-0.1, -0.05) is 6.92 Å². The third-order valence-electron chi connectivity index (χ3n) is 4.21. The summed E-state index contributed by atoms with van der Waals surface area (Å²) in [5.74, 6) is 1.04. The Bertz CT molecular complexity index is 437. The third kappa shape index (κ3) is 3.26. The summed E-state index contributed by atoms with van der Waals surface area (Å²) in [6.45, 7) is 5.86. The number of amides is 1. The van der Waals surface area contributed by atoms with E-state index in [0.29, 0.717) is 6.04 Å². The molecule has 1 aromatic rings. The maximum Gasteiger partial charge on any atom is 0.227 e. The lowest BCUT2D eigenvalue weighted by atomic mass is 9.96. The lowest BCUT2D eigenvalue weighted by Gasteiger charge is -2.35. The van der Waals surface area contributed by atoms with E-state index in [0.717, 1.165) is 38.3 Å². The van der Waals surface area contributed by atoms with Crippen molar-refractivity contribution in [2.45, 2.75) is 39.2 Å². The molecule has 5 nitrogen and oxygen atoms in total. The quantitative estimate of drug-likeness (QED) is 0.843. The fourth-order valence-electron chi connectivity index (χ4n) is 2.59. The zero-order chi connectivity index (χ0) is 14.5. The monoisotopic (exact) mass is 276 g/mol.